The minimum Gasteiger partial charge on any atom is -0.462 e. The van der Waals surface area contributed by atoms with E-state index in [1.165, 1.54) is 225 Å². The van der Waals surface area contributed by atoms with Crippen molar-refractivity contribution in [1.29, 1.82) is 0 Å². The second-order valence-electron chi connectivity index (χ2n) is 18.4. The van der Waals surface area contributed by atoms with E-state index in [9.17, 15) is 19.0 Å². The minimum absolute atomic E-state index is 0.219. The number of allylic oxidation sites excluding steroid dienone is 2. The fourth-order valence-corrected chi connectivity index (χ4v) is 8.59. The number of ether oxygens (including phenoxy) is 2. The van der Waals surface area contributed by atoms with Crippen LogP contribution in [0.2, 0.25) is 0 Å². The van der Waals surface area contributed by atoms with Crippen LogP contribution in [-0.4, -0.2) is 43.3 Å². The van der Waals surface area contributed by atoms with Gasteiger partial charge in [0.1, 0.15) is 6.61 Å². The van der Waals surface area contributed by atoms with Crippen LogP contribution in [0.5, 0.6) is 0 Å². The van der Waals surface area contributed by atoms with Gasteiger partial charge in [-0.3, -0.25) is 18.6 Å². The van der Waals surface area contributed by atoms with E-state index in [0.717, 1.165) is 39.2 Å². The smallest absolute Gasteiger partial charge is 0.462 e. The normalized spacial score (nSPS) is 13.2. The monoisotopic (exact) mass is 899 g/mol. The first-order chi connectivity index (χ1) is 30.3. The average Bonchev–Trinajstić information content (AvgIpc) is 3.26. The van der Waals surface area contributed by atoms with E-state index in [2.05, 4.69) is 30.5 Å². The van der Waals surface area contributed by atoms with E-state index >= 15 is 0 Å². The predicted octanol–water partition coefficient (Wildman–Crippen LogP) is 17.6. The van der Waals surface area contributed by atoms with Crippen molar-refractivity contribution < 1.29 is 37.6 Å². The summed E-state index contributed by atoms with van der Waals surface area (Å²) in [6.45, 7) is 3.94. The number of carbonyl (C=O) groups excluding carboxylic acids is 2. The summed E-state index contributed by atoms with van der Waals surface area (Å²) in [5.41, 5.74) is 0. The lowest BCUT2D eigenvalue weighted by atomic mass is 10.0. The number of phosphoric acid groups is 1. The summed E-state index contributed by atoms with van der Waals surface area (Å²) in [6, 6.07) is 0. The highest BCUT2D eigenvalue weighted by Gasteiger charge is 2.24. The molecule has 0 aromatic carbocycles. The zero-order chi connectivity index (χ0) is 45.3. The largest absolute Gasteiger partial charge is 0.472 e. The molecular formula is C53H103O8P. The van der Waals surface area contributed by atoms with E-state index in [4.69, 9.17) is 14.0 Å². The van der Waals surface area contributed by atoms with Crippen molar-refractivity contribution in [3.63, 3.8) is 0 Å². The van der Waals surface area contributed by atoms with Gasteiger partial charge in [0.25, 0.3) is 0 Å². The topological polar surface area (TPSA) is 108 Å². The van der Waals surface area contributed by atoms with Crippen molar-refractivity contribution in [3.05, 3.63) is 12.2 Å². The van der Waals surface area contributed by atoms with Gasteiger partial charge in [-0.15, -0.1) is 0 Å². The fraction of sp³-hybridized carbons (Fsp3) is 0.925. The first-order valence-corrected chi connectivity index (χ1v) is 28.4. The van der Waals surface area contributed by atoms with Gasteiger partial charge in [-0.1, -0.05) is 251 Å². The molecule has 0 rings (SSSR count). The molecule has 368 valence electrons. The number of hydrogen-bond acceptors (Lipinski definition) is 7. The van der Waals surface area contributed by atoms with E-state index in [0.29, 0.717) is 12.8 Å². The quantitative estimate of drug-likeness (QED) is 0.0278. The third kappa shape index (κ3) is 48.3. The molecule has 0 bridgehead atoms. The molecular weight excluding hydrogens is 796 g/mol. The molecule has 0 aromatic rings. The van der Waals surface area contributed by atoms with Crippen LogP contribution < -0.4 is 0 Å². The lowest BCUT2D eigenvalue weighted by Crippen LogP contribution is -2.29. The van der Waals surface area contributed by atoms with Crippen molar-refractivity contribution in [2.24, 2.45) is 0 Å². The van der Waals surface area contributed by atoms with Crippen molar-refractivity contribution in [3.8, 4) is 0 Å². The van der Waals surface area contributed by atoms with E-state index < -0.39 is 26.5 Å². The van der Waals surface area contributed by atoms with E-state index in [1.807, 2.05) is 0 Å². The molecule has 0 aliphatic heterocycles. The van der Waals surface area contributed by atoms with Crippen LogP contribution in [0.25, 0.3) is 0 Å². The summed E-state index contributed by atoms with van der Waals surface area (Å²) >= 11 is 0. The van der Waals surface area contributed by atoms with Gasteiger partial charge in [0.15, 0.2) is 6.10 Å². The van der Waals surface area contributed by atoms with Crippen LogP contribution >= 0.6 is 7.82 Å². The number of esters is 2. The summed E-state index contributed by atoms with van der Waals surface area (Å²) in [5, 5.41) is 0. The van der Waals surface area contributed by atoms with Gasteiger partial charge in [-0.2, -0.15) is 0 Å². The van der Waals surface area contributed by atoms with Crippen LogP contribution in [0.1, 0.15) is 290 Å². The van der Waals surface area contributed by atoms with Gasteiger partial charge in [0.2, 0.25) is 0 Å². The van der Waals surface area contributed by atoms with Crippen LogP contribution in [0.15, 0.2) is 12.2 Å². The minimum atomic E-state index is -4.26. The number of carbonyl (C=O) groups is 2. The molecule has 0 aromatic heterocycles. The molecule has 0 aliphatic rings. The fourth-order valence-electron chi connectivity index (χ4n) is 8.13. The zero-order valence-electron chi connectivity index (χ0n) is 41.3. The summed E-state index contributed by atoms with van der Waals surface area (Å²) in [7, 11) is -3.19. The maximum absolute atomic E-state index is 12.6. The lowest BCUT2D eigenvalue weighted by molar-refractivity contribution is -0.161. The second kappa shape index (κ2) is 49.2. The maximum atomic E-state index is 12.6. The Morgan fingerprint density at radius 2 is 0.726 bits per heavy atom. The van der Waals surface area contributed by atoms with Crippen LogP contribution in [0.4, 0.5) is 0 Å². The Morgan fingerprint density at radius 3 is 1.05 bits per heavy atom. The molecule has 0 amide bonds. The molecule has 2 unspecified atom stereocenters. The summed E-state index contributed by atoms with van der Waals surface area (Å²) in [4.78, 5) is 34.7. The third-order valence-electron chi connectivity index (χ3n) is 12.3. The first-order valence-electron chi connectivity index (χ1n) is 26.9. The molecule has 0 aliphatic carbocycles. The summed E-state index contributed by atoms with van der Waals surface area (Å²) in [6.07, 6.45) is 57.1. The van der Waals surface area contributed by atoms with Crippen molar-refractivity contribution in [2.45, 2.75) is 296 Å². The number of hydrogen-bond donors (Lipinski definition) is 1. The Morgan fingerprint density at radius 1 is 0.435 bits per heavy atom. The predicted molar refractivity (Wildman–Crippen MR) is 263 cm³/mol. The molecule has 0 heterocycles. The van der Waals surface area contributed by atoms with Crippen LogP contribution in [0.3, 0.4) is 0 Å². The Bertz CT molecular complexity index is 1020. The Labute approximate surface area is 384 Å². The SMILES string of the molecule is CCCCCCCC/C=C\CCCCCCCCCCCC(=O)OC(COC(=O)CCCCCCCCCCCCCCCCCCCCCCCCCC)COP(=O)(O)OC. The molecule has 0 fully saturated rings. The van der Waals surface area contributed by atoms with E-state index in [-0.39, 0.29) is 19.0 Å². The molecule has 0 saturated carbocycles. The average molecular weight is 899 g/mol. The molecule has 62 heavy (non-hydrogen) atoms. The second-order valence-corrected chi connectivity index (χ2v) is 19.9. The number of unbranched alkanes of at least 4 members (excludes halogenated alkanes) is 38. The molecule has 0 spiro atoms. The summed E-state index contributed by atoms with van der Waals surface area (Å²) in [5.74, 6) is -0.787. The Kier molecular flexibility index (Phi) is 48.3. The highest BCUT2D eigenvalue weighted by molar-refractivity contribution is 7.47. The molecule has 1 N–H and O–H groups in total. The van der Waals surface area contributed by atoms with Gasteiger partial charge in [0, 0.05) is 20.0 Å². The Hall–Kier alpha value is -1.21. The molecule has 9 heteroatoms. The van der Waals surface area contributed by atoms with Gasteiger partial charge < -0.3 is 14.4 Å². The van der Waals surface area contributed by atoms with Gasteiger partial charge in [-0.25, -0.2) is 4.57 Å². The van der Waals surface area contributed by atoms with Crippen molar-refractivity contribution in [2.75, 3.05) is 20.3 Å². The van der Waals surface area contributed by atoms with E-state index in [1.54, 1.807) is 0 Å². The first kappa shape index (κ1) is 60.8. The standard InChI is InChI=1S/C53H103O8P/c1-4-6-8-10-12-14-16-18-20-22-24-25-26-27-28-30-31-33-35-37-39-41-43-45-47-52(54)59-49-51(50-60-62(56,57)58-3)61-53(55)48-46-44-42-40-38-36-34-32-29-23-21-19-17-15-13-11-9-7-5-2/h19,21,51H,4-18,20,22-50H2,1-3H3,(H,56,57)/b21-19-. The Balaban J connectivity index is 3.82. The van der Waals surface area contributed by atoms with Gasteiger partial charge in [-0.05, 0) is 38.5 Å². The van der Waals surface area contributed by atoms with Gasteiger partial charge >= 0.3 is 19.8 Å². The summed E-state index contributed by atoms with van der Waals surface area (Å²) < 4.78 is 32.2. The third-order valence-corrected chi connectivity index (χ3v) is 13.2. The number of rotatable bonds is 51. The van der Waals surface area contributed by atoms with Crippen LogP contribution in [0, 0.1) is 0 Å². The van der Waals surface area contributed by atoms with Crippen molar-refractivity contribution in [1.82, 2.24) is 0 Å². The highest BCUT2D eigenvalue weighted by Crippen LogP contribution is 2.42. The molecule has 8 nitrogen and oxygen atoms in total. The highest BCUT2D eigenvalue weighted by atomic mass is 31.2. The zero-order valence-corrected chi connectivity index (χ0v) is 42.2. The number of phosphoric ester groups is 1. The van der Waals surface area contributed by atoms with Crippen molar-refractivity contribution >= 4 is 19.8 Å². The molecule has 0 saturated heterocycles. The molecule has 2 atom stereocenters. The lowest BCUT2D eigenvalue weighted by Gasteiger charge is -2.19. The van der Waals surface area contributed by atoms with Crippen LogP contribution in [-0.2, 0) is 32.7 Å². The maximum Gasteiger partial charge on any atom is 0.472 e. The van der Waals surface area contributed by atoms with Gasteiger partial charge in [0.05, 0.1) is 6.61 Å². The molecule has 0 radical (unpaired) electrons.